The molecule has 2 heterocycles. The summed E-state index contributed by atoms with van der Waals surface area (Å²) in [6.45, 7) is 5.99. The van der Waals surface area contributed by atoms with E-state index in [-0.39, 0.29) is 0 Å². The van der Waals surface area contributed by atoms with Gasteiger partial charge in [-0.25, -0.2) is 4.98 Å². The van der Waals surface area contributed by atoms with Gasteiger partial charge in [-0.2, -0.15) is 0 Å². The van der Waals surface area contributed by atoms with Crippen LogP contribution in [0.25, 0.3) is 0 Å². The van der Waals surface area contributed by atoms with Crippen molar-refractivity contribution in [3.8, 4) is 5.75 Å². The van der Waals surface area contributed by atoms with Crippen LogP contribution in [-0.4, -0.2) is 49.2 Å². The van der Waals surface area contributed by atoms with Crippen molar-refractivity contribution in [2.24, 2.45) is 0 Å². The number of halogens is 1. The number of hydrogen-bond acceptors (Lipinski definition) is 4. The van der Waals surface area contributed by atoms with Crippen molar-refractivity contribution >= 4 is 17.4 Å². The van der Waals surface area contributed by atoms with Crippen LogP contribution < -0.4 is 9.64 Å². The van der Waals surface area contributed by atoms with E-state index >= 15 is 0 Å². The number of piperazine rings is 1. The molecule has 26 heavy (non-hydrogen) atoms. The number of pyridine rings is 1. The Labute approximate surface area is 160 Å². The molecule has 0 radical (unpaired) electrons. The topological polar surface area (TPSA) is 28.6 Å². The first-order valence-corrected chi connectivity index (χ1v) is 9.99. The third-order valence-corrected chi connectivity index (χ3v) is 5.60. The van der Waals surface area contributed by atoms with Crippen LogP contribution in [0.1, 0.15) is 24.0 Å². The van der Waals surface area contributed by atoms with Crippen molar-refractivity contribution in [1.82, 2.24) is 9.88 Å². The average molecular weight is 372 g/mol. The van der Waals surface area contributed by atoms with Crippen LogP contribution in [-0.2, 0) is 12.8 Å². The van der Waals surface area contributed by atoms with Crippen molar-refractivity contribution in [3.63, 3.8) is 0 Å². The largest absolute Gasteiger partial charge is 0.494 e. The first kappa shape index (κ1) is 17.6. The minimum absolute atomic E-state index is 0.751. The summed E-state index contributed by atoms with van der Waals surface area (Å²) in [6.07, 6.45) is 6.56. The molecule has 1 aromatic heterocycles. The van der Waals surface area contributed by atoms with E-state index in [9.17, 15) is 0 Å². The zero-order valence-corrected chi connectivity index (χ0v) is 15.9. The van der Waals surface area contributed by atoms with E-state index in [1.807, 2.05) is 12.1 Å². The van der Waals surface area contributed by atoms with Gasteiger partial charge < -0.3 is 9.64 Å². The van der Waals surface area contributed by atoms with Crippen molar-refractivity contribution < 1.29 is 4.74 Å². The van der Waals surface area contributed by atoms with Crippen LogP contribution in [0.15, 0.2) is 36.5 Å². The van der Waals surface area contributed by atoms with Crippen LogP contribution in [0.2, 0.25) is 5.02 Å². The summed E-state index contributed by atoms with van der Waals surface area (Å²) in [6, 6.07) is 10.4. The molecule has 1 fully saturated rings. The van der Waals surface area contributed by atoms with Crippen molar-refractivity contribution in [2.75, 3.05) is 44.2 Å². The quantitative estimate of drug-likeness (QED) is 0.722. The smallest absolute Gasteiger partial charge is 0.130 e. The minimum Gasteiger partial charge on any atom is -0.494 e. The highest BCUT2D eigenvalue weighted by molar-refractivity contribution is 6.30. The summed E-state index contributed by atoms with van der Waals surface area (Å²) in [5.41, 5.74) is 2.98. The molecule has 0 atom stereocenters. The lowest BCUT2D eigenvalue weighted by Gasteiger charge is -2.35. The molecule has 0 N–H and O–H groups in total. The Morgan fingerprint density at radius 2 is 1.85 bits per heavy atom. The molecule has 5 heteroatoms. The van der Waals surface area contributed by atoms with Gasteiger partial charge in [-0.15, -0.1) is 0 Å². The highest BCUT2D eigenvalue weighted by atomic mass is 35.5. The number of benzene rings is 1. The average Bonchev–Trinajstić information content (AvgIpc) is 3.14. The highest BCUT2D eigenvalue weighted by Gasteiger charge is 2.18. The molecule has 0 unspecified atom stereocenters. The van der Waals surface area contributed by atoms with Gasteiger partial charge in [0, 0.05) is 43.9 Å². The molecular formula is C21H26ClN3O. The van der Waals surface area contributed by atoms with Crippen LogP contribution >= 0.6 is 11.6 Å². The summed E-state index contributed by atoms with van der Waals surface area (Å²) in [5, 5.41) is 0.751. The molecule has 1 aliphatic heterocycles. The lowest BCUT2D eigenvalue weighted by atomic mass is 10.1. The standard InChI is InChI=1S/C21H26ClN3O/c22-19-7-8-23-21(16-19)25-12-10-24(11-13-25)9-2-14-26-20-6-5-17-3-1-4-18(17)15-20/h5-8,15-16H,1-4,9-14H2. The lowest BCUT2D eigenvalue weighted by molar-refractivity contribution is 0.224. The van der Waals surface area contributed by atoms with Gasteiger partial charge in [-0.05, 0) is 61.1 Å². The Balaban J connectivity index is 1.17. The summed E-state index contributed by atoms with van der Waals surface area (Å²) < 4.78 is 5.96. The van der Waals surface area contributed by atoms with Crippen LogP contribution in [0, 0.1) is 0 Å². The van der Waals surface area contributed by atoms with Crippen molar-refractivity contribution in [3.05, 3.63) is 52.7 Å². The molecular weight excluding hydrogens is 346 g/mol. The number of nitrogens with zero attached hydrogens (tertiary/aromatic N) is 3. The summed E-state index contributed by atoms with van der Waals surface area (Å²) >= 11 is 6.07. The maximum absolute atomic E-state index is 6.07. The molecule has 138 valence electrons. The molecule has 0 amide bonds. The third-order valence-electron chi connectivity index (χ3n) is 5.36. The molecule has 2 aromatic rings. The Bertz CT molecular complexity index is 744. The van der Waals surface area contributed by atoms with Gasteiger partial charge in [0.1, 0.15) is 11.6 Å². The van der Waals surface area contributed by atoms with Crippen molar-refractivity contribution in [1.29, 1.82) is 0 Å². The van der Waals surface area contributed by atoms with Gasteiger partial charge in [-0.1, -0.05) is 17.7 Å². The van der Waals surface area contributed by atoms with E-state index < -0.39 is 0 Å². The summed E-state index contributed by atoms with van der Waals surface area (Å²) in [4.78, 5) is 9.24. The first-order valence-electron chi connectivity index (χ1n) is 9.61. The number of rotatable bonds is 6. The normalized spacial score (nSPS) is 17.3. The Kier molecular flexibility index (Phi) is 5.61. The Hall–Kier alpha value is -1.78. The molecule has 0 saturated carbocycles. The fraction of sp³-hybridized carbons (Fsp3) is 0.476. The monoisotopic (exact) mass is 371 g/mol. The second-order valence-electron chi connectivity index (χ2n) is 7.15. The summed E-state index contributed by atoms with van der Waals surface area (Å²) in [7, 11) is 0. The molecule has 1 aliphatic carbocycles. The molecule has 2 aliphatic rings. The van der Waals surface area contributed by atoms with Gasteiger partial charge in [0.25, 0.3) is 0 Å². The number of anilines is 1. The lowest BCUT2D eigenvalue weighted by Crippen LogP contribution is -2.47. The summed E-state index contributed by atoms with van der Waals surface area (Å²) in [5.74, 6) is 2.01. The van der Waals surface area contributed by atoms with Crippen molar-refractivity contribution in [2.45, 2.75) is 25.7 Å². The molecule has 1 aromatic carbocycles. The fourth-order valence-electron chi connectivity index (χ4n) is 3.88. The Morgan fingerprint density at radius 3 is 2.69 bits per heavy atom. The maximum atomic E-state index is 6.07. The minimum atomic E-state index is 0.751. The predicted octanol–water partition coefficient (Wildman–Crippen LogP) is 3.81. The second-order valence-corrected chi connectivity index (χ2v) is 7.58. The van der Waals surface area contributed by atoms with E-state index in [0.717, 1.165) is 62.3 Å². The maximum Gasteiger partial charge on any atom is 0.130 e. The number of aryl methyl sites for hydroxylation is 2. The molecule has 1 saturated heterocycles. The number of aromatic nitrogens is 1. The van der Waals surface area contributed by atoms with E-state index in [0.29, 0.717) is 0 Å². The molecule has 4 rings (SSSR count). The zero-order chi connectivity index (χ0) is 17.8. The van der Waals surface area contributed by atoms with Gasteiger partial charge in [-0.3, -0.25) is 4.90 Å². The molecule has 4 nitrogen and oxygen atoms in total. The zero-order valence-electron chi connectivity index (χ0n) is 15.2. The molecule has 0 bridgehead atoms. The fourth-order valence-corrected chi connectivity index (χ4v) is 4.04. The van der Waals surface area contributed by atoms with Gasteiger partial charge >= 0.3 is 0 Å². The van der Waals surface area contributed by atoms with Gasteiger partial charge in [0.05, 0.1) is 6.61 Å². The second kappa shape index (κ2) is 8.28. The Morgan fingerprint density at radius 1 is 1.00 bits per heavy atom. The predicted molar refractivity (Wildman–Crippen MR) is 106 cm³/mol. The number of hydrogen-bond donors (Lipinski definition) is 0. The van der Waals surface area contributed by atoms with Crippen LogP contribution in [0.3, 0.4) is 0 Å². The molecule has 0 spiro atoms. The van der Waals surface area contributed by atoms with Crippen LogP contribution in [0.5, 0.6) is 5.75 Å². The third kappa shape index (κ3) is 4.30. The van der Waals surface area contributed by atoms with Gasteiger partial charge in [0.2, 0.25) is 0 Å². The first-order chi connectivity index (χ1) is 12.8. The van der Waals surface area contributed by atoms with E-state index in [1.54, 1.807) is 6.20 Å². The number of fused-ring (bicyclic) bond motifs is 1. The highest BCUT2D eigenvalue weighted by Crippen LogP contribution is 2.26. The van der Waals surface area contributed by atoms with E-state index in [4.69, 9.17) is 16.3 Å². The SMILES string of the molecule is Clc1ccnc(N2CCN(CCCOc3ccc4c(c3)CCC4)CC2)c1. The van der Waals surface area contributed by atoms with Gasteiger partial charge in [0.15, 0.2) is 0 Å². The van der Waals surface area contributed by atoms with E-state index in [2.05, 4.69) is 33.0 Å². The number of ether oxygens (including phenoxy) is 1. The van der Waals surface area contributed by atoms with Crippen LogP contribution in [0.4, 0.5) is 5.82 Å². The van der Waals surface area contributed by atoms with E-state index in [1.165, 1.54) is 30.4 Å².